The van der Waals surface area contributed by atoms with Crippen LogP contribution in [0, 0.1) is 5.41 Å². The first-order valence-corrected chi connectivity index (χ1v) is 7.03. The molecule has 0 fully saturated rings. The van der Waals surface area contributed by atoms with E-state index in [1.807, 2.05) is 18.7 Å². The summed E-state index contributed by atoms with van der Waals surface area (Å²) in [4.78, 5) is 2.02. The summed E-state index contributed by atoms with van der Waals surface area (Å²) >= 11 is 0. The van der Waals surface area contributed by atoms with E-state index in [1.165, 1.54) is 6.26 Å². The maximum absolute atomic E-state index is 11.0. The van der Waals surface area contributed by atoms with Crippen LogP contribution in [0.5, 0.6) is 0 Å². The predicted molar refractivity (Wildman–Crippen MR) is 63.0 cm³/mol. The van der Waals surface area contributed by atoms with Crippen LogP contribution in [0.25, 0.3) is 0 Å². The molecule has 0 amide bonds. The first-order chi connectivity index (χ1) is 6.72. The lowest BCUT2D eigenvalue weighted by Crippen LogP contribution is -2.37. The molecule has 0 aromatic carbocycles. The van der Waals surface area contributed by atoms with Gasteiger partial charge < -0.3 is 5.73 Å². The number of nitrogens with one attached hydrogen (secondary N) is 1. The highest BCUT2D eigenvalue weighted by atomic mass is 32.2. The lowest BCUT2D eigenvalue weighted by Gasteiger charge is -2.25. The normalized spacial score (nSPS) is 12.3. The minimum absolute atomic E-state index is 0.139. The van der Waals surface area contributed by atoms with E-state index in [4.69, 9.17) is 11.1 Å². The Labute approximate surface area is 92.1 Å². The molecule has 0 aliphatic heterocycles. The fourth-order valence-corrected chi connectivity index (χ4v) is 1.74. The van der Waals surface area contributed by atoms with Crippen LogP contribution in [-0.4, -0.2) is 50.3 Å². The zero-order valence-corrected chi connectivity index (χ0v) is 10.5. The molecule has 0 aromatic rings. The highest BCUT2D eigenvalue weighted by Gasteiger charge is 2.12. The third-order valence-electron chi connectivity index (χ3n) is 2.15. The van der Waals surface area contributed by atoms with Gasteiger partial charge in [-0.3, -0.25) is 10.3 Å². The van der Waals surface area contributed by atoms with Crippen molar-refractivity contribution in [1.82, 2.24) is 4.90 Å². The van der Waals surface area contributed by atoms with Crippen molar-refractivity contribution in [3.63, 3.8) is 0 Å². The predicted octanol–water partition coefficient (Wildman–Crippen LogP) is 0.0675. The van der Waals surface area contributed by atoms with E-state index in [-0.39, 0.29) is 17.6 Å². The van der Waals surface area contributed by atoms with Crippen LogP contribution in [0.3, 0.4) is 0 Å². The number of nitrogens with zero attached hydrogens (tertiary/aromatic N) is 1. The van der Waals surface area contributed by atoms with E-state index in [9.17, 15) is 8.42 Å². The van der Waals surface area contributed by atoms with E-state index in [0.29, 0.717) is 19.5 Å². The van der Waals surface area contributed by atoms with Gasteiger partial charge in [0.1, 0.15) is 9.84 Å². The molecule has 0 saturated heterocycles. The average molecular weight is 235 g/mol. The van der Waals surface area contributed by atoms with Gasteiger partial charge in [0.25, 0.3) is 0 Å². The van der Waals surface area contributed by atoms with E-state index in [2.05, 4.69) is 0 Å². The Hall–Kier alpha value is -0.620. The van der Waals surface area contributed by atoms with Crippen molar-refractivity contribution >= 4 is 15.7 Å². The second-order valence-corrected chi connectivity index (χ2v) is 6.29. The van der Waals surface area contributed by atoms with Crippen molar-refractivity contribution in [3.05, 3.63) is 0 Å². The van der Waals surface area contributed by atoms with Crippen molar-refractivity contribution in [3.8, 4) is 0 Å². The van der Waals surface area contributed by atoms with Gasteiger partial charge in [-0.05, 0) is 13.8 Å². The highest BCUT2D eigenvalue weighted by Crippen LogP contribution is 2.00. The monoisotopic (exact) mass is 235 g/mol. The van der Waals surface area contributed by atoms with Crippen molar-refractivity contribution in [1.29, 1.82) is 5.41 Å². The van der Waals surface area contributed by atoms with Gasteiger partial charge in [-0.25, -0.2) is 8.42 Å². The van der Waals surface area contributed by atoms with E-state index < -0.39 is 9.84 Å². The molecule has 6 heteroatoms. The maximum atomic E-state index is 11.0. The van der Waals surface area contributed by atoms with Crippen molar-refractivity contribution < 1.29 is 8.42 Å². The number of hydrogen-bond acceptors (Lipinski definition) is 4. The molecule has 90 valence electrons. The summed E-state index contributed by atoms with van der Waals surface area (Å²) in [6, 6.07) is 0.270. The van der Waals surface area contributed by atoms with Crippen molar-refractivity contribution in [2.45, 2.75) is 26.3 Å². The second-order valence-electron chi connectivity index (χ2n) is 4.03. The molecule has 0 atom stereocenters. The first kappa shape index (κ1) is 14.4. The lowest BCUT2D eigenvalue weighted by molar-refractivity contribution is 0.241. The zero-order valence-electron chi connectivity index (χ0n) is 9.66. The lowest BCUT2D eigenvalue weighted by atomic mass is 10.3. The molecule has 0 radical (unpaired) electrons. The third kappa shape index (κ3) is 8.38. The van der Waals surface area contributed by atoms with Crippen LogP contribution in [0.4, 0.5) is 0 Å². The van der Waals surface area contributed by atoms with E-state index in [1.54, 1.807) is 0 Å². The van der Waals surface area contributed by atoms with Crippen LogP contribution in [0.15, 0.2) is 0 Å². The molecular formula is C9H21N3O2S. The van der Waals surface area contributed by atoms with Crippen molar-refractivity contribution in [2.24, 2.45) is 5.73 Å². The molecule has 0 bridgehead atoms. The molecule has 0 heterocycles. The van der Waals surface area contributed by atoms with Crippen molar-refractivity contribution in [2.75, 3.05) is 25.1 Å². The topological polar surface area (TPSA) is 87.2 Å². The molecule has 0 spiro atoms. The van der Waals surface area contributed by atoms with E-state index in [0.717, 1.165) is 0 Å². The van der Waals surface area contributed by atoms with Gasteiger partial charge in [0.15, 0.2) is 0 Å². The Morgan fingerprint density at radius 2 is 1.93 bits per heavy atom. The summed E-state index contributed by atoms with van der Waals surface area (Å²) in [7, 11) is -2.92. The molecule has 15 heavy (non-hydrogen) atoms. The largest absolute Gasteiger partial charge is 0.388 e. The Morgan fingerprint density at radius 3 is 2.27 bits per heavy atom. The van der Waals surface area contributed by atoms with Crippen LogP contribution in [0.2, 0.25) is 0 Å². The Morgan fingerprint density at radius 1 is 1.40 bits per heavy atom. The van der Waals surface area contributed by atoms with Gasteiger partial charge in [-0.15, -0.1) is 0 Å². The summed E-state index contributed by atoms with van der Waals surface area (Å²) in [5, 5.41) is 7.12. The number of nitrogens with two attached hydrogens (primary N) is 1. The molecule has 0 saturated carbocycles. The summed E-state index contributed by atoms with van der Waals surface area (Å²) in [6.07, 6.45) is 1.72. The smallest absolute Gasteiger partial charge is 0.148 e. The number of hydrogen-bond donors (Lipinski definition) is 2. The first-order valence-electron chi connectivity index (χ1n) is 4.97. The van der Waals surface area contributed by atoms with Gasteiger partial charge in [-0.1, -0.05) is 0 Å². The van der Waals surface area contributed by atoms with Crippen LogP contribution < -0.4 is 5.73 Å². The Balaban J connectivity index is 4.11. The molecule has 0 aliphatic rings. The molecule has 0 unspecified atom stereocenters. The minimum Gasteiger partial charge on any atom is -0.388 e. The van der Waals surface area contributed by atoms with E-state index >= 15 is 0 Å². The number of amidine groups is 1. The quantitative estimate of drug-likeness (QED) is 0.483. The van der Waals surface area contributed by atoms with Gasteiger partial charge >= 0.3 is 0 Å². The molecular weight excluding hydrogens is 214 g/mol. The molecule has 3 N–H and O–H groups in total. The average Bonchev–Trinajstić information content (AvgIpc) is 2.00. The summed E-state index contributed by atoms with van der Waals surface area (Å²) in [5.41, 5.74) is 5.26. The molecule has 0 aromatic heterocycles. The Bertz CT molecular complexity index is 298. The van der Waals surface area contributed by atoms with Crippen LogP contribution in [0.1, 0.15) is 20.3 Å². The summed E-state index contributed by atoms with van der Waals surface area (Å²) in [5.74, 6) is 0.295. The SMILES string of the molecule is CC(C)N(CCC(=N)N)CCS(C)(=O)=O. The fourth-order valence-electron chi connectivity index (χ4n) is 1.18. The third-order valence-corrected chi connectivity index (χ3v) is 3.07. The molecule has 0 rings (SSSR count). The van der Waals surface area contributed by atoms with Crippen LogP contribution in [-0.2, 0) is 9.84 Å². The van der Waals surface area contributed by atoms with Crippen LogP contribution >= 0.6 is 0 Å². The minimum atomic E-state index is -2.92. The van der Waals surface area contributed by atoms with Gasteiger partial charge in [0, 0.05) is 31.8 Å². The Kier molecular flexibility index (Phi) is 5.82. The number of rotatable bonds is 7. The standard InChI is InChI=1S/C9H21N3O2S/c1-8(2)12(5-4-9(10)11)6-7-15(3,13)14/h8H,4-7H2,1-3H3,(H3,10,11). The molecule has 5 nitrogen and oxygen atoms in total. The molecule has 0 aliphatic carbocycles. The maximum Gasteiger partial charge on any atom is 0.148 e. The second kappa shape index (κ2) is 6.07. The zero-order chi connectivity index (χ0) is 12.1. The van der Waals surface area contributed by atoms with Gasteiger partial charge in [-0.2, -0.15) is 0 Å². The number of sulfone groups is 1. The fraction of sp³-hybridized carbons (Fsp3) is 0.889. The highest BCUT2D eigenvalue weighted by molar-refractivity contribution is 7.90. The van der Waals surface area contributed by atoms with Gasteiger partial charge in [0.2, 0.25) is 0 Å². The summed E-state index contributed by atoms with van der Waals surface area (Å²) in [6.45, 7) is 5.15. The van der Waals surface area contributed by atoms with Gasteiger partial charge in [0.05, 0.1) is 11.6 Å². The summed E-state index contributed by atoms with van der Waals surface area (Å²) < 4.78 is 22.0.